The molecular formula is C13H21NOS. The number of methoxy groups -OCH3 is 1. The second-order valence-electron chi connectivity index (χ2n) is 4.94. The molecule has 0 fully saturated rings. The standard InChI is InChI=1S/C13H21NOS/c1-13(2,3)10-6-9(8-16-5)12(15-4)11(14)7-10/h6-7H,8,14H2,1-5H3. The number of benzene rings is 1. The molecule has 0 saturated carbocycles. The lowest BCUT2D eigenvalue weighted by molar-refractivity contribution is 0.413. The van der Waals surface area contributed by atoms with Crippen LogP contribution in [0.1, 0.15) is 31.9 Å². The van der Waals surface area contributed by atoms with E-state index in [4.69, 9.17) is 10.5 Å². The molecule has 3 heteroatoms. The van der Waals surface area contributed by atoms with Gasteiger partial charge in [0, 0.05) is 11.3 Å². The van der Waals surface area contributed by atoms with Gasteiger partial charge in [-0.25, -0.2) is 0 Å². The summed E-state index contributed by atoms with van der Waals surface area (Å²) in [5.74, 6) is 1.75. The molecule has 0 aliphatic rings. The molecule has 0 aliphatic heterocycles. The van der Waals surface area contributed by atoms with E-state index in [2.05, 4.69) is 33.1 Å². The Labute approximate surface area is 103 Å². The van der Waals surface area contributed by atoms with Crippen molar-refractivity contribution in [3.05, 3.63) is 23.3 Å². The lowest BCUT2D eigenvalue weighted by atomic mass is 9.85. The maximum atomic E-state index is 6.03. The Morgan fingerprint density at radius 3 is 2.38 bits per heavy atom. The molecule has 1 aromatic rings. The van der Waals surface area contributed by atoms with Crippen LogP contribution in [-0.2, 0) is 11.2 Å². The smallest absolute Gasteiger partial charge is 0.145 e. The predicted octanol–water partition coefficient (Wildman–Crippen LogP) is 3.44. The topological polar surface area (TPSA) is 35.2 Å². The zero-order valence-electron chi connectivity index (χ0n) is 10.8. The van der Waals surface area contributed by atoms with Gasteiger partial charge < -0.3 is 10.5 Å². The summed E-state index contributed by atoms with van der Waals surface area (Å²) in [7, 11) is 1.67. The summed E-state index contributed by atoms with van der Waals surface area (Å²) in [5, 5.41) is 0. The zero-order valence-corrected chi connectivity index (χ0v) is 11.6. The van der Waals surface area contributed by atoms with E-state index in [1.807, 2.05) is 6.07 Å². The van der Waals surface area contributed by atoms with Crippen LogP contribution in [0.5, 0.6) is 5.75 Å². The summed E-state index contributed by atoms with van der Waals surface area (Å²) < 4.78 is 5.36. The van der Waals surface area contributed by atoms with Gasteiger partial charge in [-0.3, -0.25) is 0 Å². The molecule has 2 nitrogen and oxygen atoms in total. The first-order valence-electron chi connectivity index (χ1n) is 5.36. The number of anilines is 1. The molecule has 0 unspecified atom stereocenters. The SMILES string of the molecule is COc1c(N)cc(C(C)(C)C)cc1CSC. The van der Waals surface area contributed by atoms with Gasteiger partial charge in [-0.05, 0) is 23.3 Å². The van der Waals surface area contributed by atoms with E-state index in [0.717, 1.165) is 17.2 Å². The highest BCUT2D eigenvalue weighted by atomic mass is 32.2. The minimum atomic E-state index is 0.119. The molecule has 0 saturated heterocycles. The van der Waals surface area contributed by atoms with Gasteiger partial charge in [-0.2, -0.15) is 11.8 Å². The highest BCUT2D eigenvalue weighted by Gasteiger charge is 2.18. The van der Waals surface area contributed by atoms with Crippen molar-refractivity contribution in [2.75, 3.05) is 19.1 Å². The molecule has 0 heterocycles. The van der Waals surface area contributed by atoms with Crippen LogP contribution in [0.15, 0.2) is 12.1 Å². The van der Waals surface area contributed by atoms with Crippen molar-refractivity contribution in [1.82, 2.24) is 0 Å². The lowest BCUT2D eigenvalue weighted by Gasteiger charge is -2.22. The first kappa shape index (κ1) is 13.2. The average molecular weight is 239 g/mol. The van der Waals surface area contributed by atoms with Gasteiger partial charge in [0.2, 0.25) is 0 Å². The summed E-state index contributed by atoms with van der Waals surface area (Å²) in [4.78, 5) is 0. The quantitative estimate of drug-likeness (QED) is 0.821. The first-order chi connectivity index (χ1) is 7.40. The largest absolute Gasteiger partial charge is 0.494 e. The Balaban J connectivity index is 3.28. The summed E-state index contributed by atoms with van der Waals surface area (Å²) in [6.07, 6.45) is 2.08. The van der Waals surface area contributed by atoms with E-state index in [1.165, 1.54) is 11.1 Å². The molecule has 90 valence electrons. The molecule has 0 atom stereocenters. The third-order valence-electron chi connectivity index (χ3n) is 2.56. The van der Waals surface area contributed by atoms with Crippen LogP contribution >= 0.6 is 11.8 Å². The number of rotatable bonds is 3. The number of thioether (sulfide) groups is 1. The fraction of sp³-hybridized carbons (Fsp3) is 0.538. The Morgan fingerprint density at radius 1 is 1.31 bits per heavy atom. The maximum Gasteiger partial charge on any atom is 0.145 e. The van der Waals surface area contributed by atoms with Crippen molar-refractivity contribution in [2.45, 2.75) is 31.9 Å². The number of nitrogen functional groups attached to an aromatic ring is 1. The van der Waals surface area contributed by atoms with Gasteiger partial charge in [0.25, 0.3) is 0 Å². The van der Waals surface area contributed by atoms with E-state index in [0.29, 0.717) is 0 Å². The molecule has 1 aromatic carbocycles. The van der Waals surface area contributed by atoms with Crippen molar-refractivity contribution in [3.63, 3.8) is 0 Å². The summed E-state index contributed by atoms with van der Waals surface area (Å²) in [6, 6.07) is 4.22. The second kappa shape index (κ2) is 5.00. The molecule has 0 aromatic heterocycles. The first-order valence-corrected chi connectivity index (χ1v) is 6.75. The van der Waals surface area contributed by atoms with Gasteiger partial charge in [-0.15, -0.1) is 0 Å². The number of nitrogens with two attached hydrogens (primary N) is 1. The molecular weight excluding hydrogens is 218 g/mol. The van der Waals surface area contributed by atoms with Crippen LogP contribution in [0.2, 0.25) is 0 Å². The Hall–Kier alpha value is -0.830. The molecule has 16 heavy (non-hydrogen) atoms. The van der Waals surface area contributed by atoms with E-state index >= 15 is 0 Å². The molecule has 0 aliphatic carbocycles. The van der Waals surface area contributed by atoms with Gasteiger partial charge >= 0.3 is 0 Å². The summed E-state index contributed by atoms with van der Waals surface area (Å²) >= 11 is 1.78. The van der Waals surface area contributed by atoms with Crippen LogP contribution in [0.4, 0.5) is 5.69 Å². The molecule has 0 amide bonds. The maximum absolute atomic E-state index is 6.03. The molecule has 2 N–H and O–H groups in total. The minimum Gasteiger partial charge on any atom is -0.494 e. The van der Waals surface area contributed by atoms with Crippen molar-refractivity contribution in [2.24, 2.45) is 0 Å². The fourth-order valence-electron chi connectivity index (χ4n) is 1.66. The lowest BCUT2D eigenvalue weighted by Crippen LogP contribution is -2.12. The highest BCUT2D eigenvalue weighted by molar-refractivity contribution is 7.97. The van der Waals surface area contributed by atoms with Crippen molar-refractivity contribution in [1.29, 1.82) is 0 Å². The fourth-order valence-corrected chi connectivity index (χ4v) is 2.18. The normalized spacial score (nSPS) is 11.6. The number of hydrogen-bond donors (Lipinski definition) is 1. The van der Waals surface area contributed by atoms with Crippen LogP contribution in [0, 0.1) is 0 Å². The highest BCUT2D eigenvalue weighted by Crippen LogP contribution is 2.34. The number of hydrogen-bond acceptors (Lipinski definition) is 3. The summed E-state index contributed by atoms with van der Waals surface area (Å²) in [5.41, 5.74) is 9.32. The second-order valence-corrected chi connectivity index (χ2v) is 5.81. The van der Waals surface area contributed by atoms with Crippen LogP contribution in [0.3, 0.4) is 0 Å². The van der Waals surface area contributed by atoms with E-state index in [1.54, 1.807) is 18.9 Å². The monoisotopic (exact) mass is 239 g/mol. The Kier molecular flexibility index (Phi) is 4.14. The van der Waals surface area contributed by atoms with Crippen LogP contribution < -0.4 is 10.5 Å². The molecule has 0 radical (unpaired) electrons. The Morgan fingerprint density at radius 2 is 1.94 bits per heavy atom. The Bertz CT molecular complexity index is 369. The third-order valence-corrected chi connectivity index (χ3v) is 3.16. The van der Waals surface area contributed by atoms with Gasteiger partial charge in [0.1, 0.15) is 5.75 Å². The van der Waals surface area contributed by atoms with Crippen molar-refractivity contribution < 1.29 is 4.74 Å². The molecule has 0 bridgehead atoms. The number of ether oxygens (including phenoxy) is 1. The van der Waals surface area contributed by atoms with Gasteiger partial charge in [0.05, 0.1) is 12.8 Å². The average Bonchev–Trinajstić information content (AvgIpc) is 2.16. The van der Waals surface area contributed by atoms with Gasteiger partial charge in [0.15, 0.2) is 0 Å². The minimum absolute atomic E-state index is 0.119. The molecule has 1 rings (SSSR count). The zero-order chi connectivity index (χ0) is 12.3. The van der Waals surface area contributed by atoms with E-state index in [-0.39, 0.29) is 5.41 Å². The summed E-state index contributed by atoms with van der Waals surface area (Å²) in [6.45, 7) is 6.57. The van der Waals surface area contributed by atoms with Crippen molar-refractivity contribution in [3.8, 4) is 5.75 Å². The van der Waals surface area contributed by atoms with E-state index < -0.39 is 0 Å². The molecule has 0 spiro atoms. The van der Waals surface area contributed by atoms with Gasteiger partial charge in [-0.1, -0.05) is 26.8 Å². The predicted molar refractivity (Wildman–Crippen MR) is 73.3 cm³/mol. The van der Waals surface area contributed by atoms with E-state index in [9.17, 15) is 0 Å². The van der Waals surface area contributed by atoms with Crippen molar-refractivity contribution >= 4 is 17.4 Å². The third kappa shape index (κ3) is 2.85. The van der Waals surface area contributed by atoms with Crippen LogP contribution in [0.25, 0.3) is 0 Å². The van der Waals surface area contributed by atoms with Crippen LogP contribution in [-0.4, -0.2) is 13.4 Å².